The highest BCUT2D eigenvalue weighted by molar-refractivity contribution is 14.0. The van der Waals surface area contributed by atoms with Crippen molar-refractivity contribution in [1.29, 1.82) is 0 Å². The van der Waals surface area contributed by atoms with E-state index < -0.39 is 5.60 Å². The van der Waals surface area contributed by atoms with Gasteiger partial charge < -0.3 is 20.6 Å². The molecule has 5 nitrogen and oxygen atoms in total. The first kappa shape index (κ1) is 22.9. The van der Waals surface area contributed by atoms with Gasteiger partial charge in [0.15, 0.2) is 5.96 Å². The van der Waals surface area contributed by atoms with E-state index in [1.54, 1.807) is 0 Å². The minimum Gasteiger partial charge on any atom is -0.388 e. The number of halogens is 1. The molecule has 0 amide bonds. The van der Waals surface area contributed by atoms with E-state index in [2.05, 4.69) is 48.2 Å². The molecule has 1 unspecified atom stereocenters. The van der Waals surface area contributed by atoms with Gasteiger partial charge in [-0.05, 0) is 65.6 Å². The molecule has 1 aliphatic rings. The summed E-state index contributed by atoms with van der Waals surface area (Å²) in [6, 6.07) is 0.393. The maximum atomic E-state index is 10.1. The summed E-state index contributed by atoms with van der Waals surface area (Å²) < 4.78 is 0. The van der Waals surface area contributed by atoms with Crippen LogP contribution in [0.1, 0.15) is 59.8 Å². The average molecular weight is 440 g/mol. The normalized spacial score (nSPS) is 18.1. The van der Waals surface area contributed by atoms with Gasteiger partial charge in [-0.25, -0.2) is 0 Å². The molecule has 0 bridgehead atoms. The first-order valence-electron chi connectivity index (χ1n) is 9.02. The smallest absolute Gasteiger partial charge is 0.191 e. The fourth-order valence-corrected chi connectivity index (χ4v) is 2.76. The maximum Gasteiger partial charge on any atom is 0.191 e. The van der Waals surface area contributed by atoms with Crippen LogP contribution in [0.2, 0.25) is 0 Å². The molecule has 1 fully saturated rings. The van der Waals surface area contributed by atoms with Gasteiger partial charge >= 0.3 is 0 Å². The molecule has 0 spiro atoms. The third kappa shape index (κ3) is 9.10. The SMILES string of the molecule is CCNC(=NCC1(O)CCC1)NC(C)CCCN(CC)CC.I. The van der Waals surface area contributed by atoms with Crippen molar-refractivity contribution in [2.24, 2.45) is 4.99 Å². The quantitative estimate of drug-likeness (QED) is 0.278. The first-order valence-corrected chi connectivity index (χ1v) is 9.02. The van der Waals surface area contributed by atoms with Gasteiger partial charge in [-0.3, -0.25) is 4.99 Å². The highest BCUT2D eigenvalue weighted by Crippen LogP contribution is 2.31. The van der Waals surface area contributed by atoms with Crippen LogP contribution >= 0.6 is 24.0 Å². The predicted molar refractivity (Wildman–Crippen MR) is 110 cm³/mol. The van der Waals surface area contributed by atoms with Crippen LogP contribution in [0.3, 0.4) is 0 Å². The van der Waals surface area contributed by atoms with Crippen LogP contribution in [0.4, 0.5) is 0 Å². The Labute approximate surface area is 159 Å². The molecule has 1 rings (SSSR count). The Hall–Kier alpha value is -0.0800. The summed E-state index contributed by atoms with van der Waals surface area (Å²) in [5, 5.41) is 16.9. The molecule has 0 aromatic carbocycles. The largest absolute Gasteiger partial charge is 0.388 e. The lowest BCUT2D eigenvalue weighted by Gasteiger charge is -2.35. The van der Waals surface area contributed by atoms with Gasteiger partial charge in [-0.1, -0.05) is 13.8 Å². The van der Waals surface area contributed by atoms with Gasteiger partial charge in [0.05, 0.1) is 12.1 Å². The van der Waals surface area contributed by atoms with Crippen LogP contribution in [-0.2, 0) is 0 Å². The van der Waals surface area contributed by atoms with Crippen molar-refractivity contribution in [3.63, 3.8) is 0 Å². The monoisotopic (exact) mass is 440 g/mol. The fourth-order valence-electron chi connectivity index (χ4n) is 2.76. The number of nitrogens with zero attached hydrogens (tertiary/aromatic N) is 2. The summed E-state index contributed by atoms with van der Waals surface area (Å²) in [6.45, 7) is 13.5. The predicted octanol–water partition coefficient (Wildman–Crippen LogP) is 2.59. The Morgan fingerprint density at radius 3 is 2.39 bits per heavy atom. The van der Waals surface area contributed by atoms with Gasteiger partial charge in [0, 0.05) is 12.6 Å². The number of hydrogen-bond donors (Lipinski definition) is 3. The zero-order chi connectivity index (χ0) is 16.4. The van der Waals surface area contributed by atoms with E-state index >= 15 is 0 Å². The Kier molecular flexibility index (Phi) is 12.3. The fraction of sp³-hybridized carbons (Fsp3) is 0.941. The average Bonchev–Trinajstić information content (AvgIpc) is 2.47. The first-order chi connectivity index (χ1) is 10.5. The van der Waals surface area contributed by atoms with Crippen LogP contribution in [0, 0.1) is 0 Å². The Balaban J connectivity index is 0.00000484. The van der Waals surface area contributed by atoms with Crippen LogP contribution in [0.5, 0.6) is 0 Å². The summed E-state index contributed by atoms with van der Waals surface area (Å²) in [5.74, 6) is 0.832. The number of guanidine groups is 1. The van der Waals surface area contributed by atoms with Crippen molar-refractivity contribution in [2.45, 2.75) is 71.4 Å². The Bertz CT molecular complexity index is 331. The summed E-state index contributed by atoms with van der Waals surface area (Å²) in [5.41, 5.74) is -0.547. The molecule has 23 heavy (non-hydrogen) atoms. The van der Waals surface area contributed by atoms with E-state index in [9.17, 15) is 5.11 Å². The number of aliphatic imine (C=N–C) groups is 1. The van der Waals surface area contributed by atoms with Crippen LogP contribution in [0.15, 0.2) is 4.99 Å². The summed E-state index contributed by atoms with van der Waals surface area (Å²) in [6.07, 6.45) is 5.22. The lowest BCUT2D eigenvalue weighted by Crippen LogP contribution is -2.45. The molecule has 1 atom stereocenters. The number of aliphatic hydroxyl groups is 1. The van der Waals surface area contributed by atoms with Crippen molar-refractivity contribution in [1.82, 2.24) is 15.5 Å². The molecule has 1 aliphatic carbocycles. The Morgan fingerprint density at radius 1 is 1.26 bits per heavy atom. The third-order valence-electron chi connectivity index (χ3n) is 4.55. The van der Waals surface area contributed by atoms with Gasteiger partial charge in [-0.15, -0.1) is 24.0 Å². The number of hydrogen-bond acceptors (Lipinski definition) is 3. The van der Waals surface area contributed by atoms with Crippen molar-refractivity contribution in [3.8, 4) is 0 Å². The van der Waals surface area contributed by atoms with E-state index in [0.717, 1.165) is 57.8 Å². The molecular weight excluding hydrogens is 403 g/mol. The molecule has 0 saturated heterocycles. The molecule has 6 heteroatoms. The van der Waals surface area contributed by atoms with Gasteiger partial charge in [0.2, 0.25) is 0 Å². The second-order valence-corrected chi connectivity index (χ2v) is 6.49. The minimum absolute atomic E-state index is 0. The van der Waals surface area contributed by atoms with E-state index in [0.29, 0.717) is 12.6 Å². The minimum atomic E-state index is -0.547. The van der Waals surface area contributed by atoms with Gasteiger partial charge in [-0.2, -0.15) is 0 Å². The standard InChI is InChI=1S/C17H36N4O.HI/c1-5-18-16(19-14-17(22)11-9-12-17)20-15(4)10-8-13-21(6-2)7-3;/h15,22H,5-14H2,1-4H3,(H2,18,19,20);1H. The topological polar surface area (TPSA) is 59.9 Å². The molecule has 0 radical (unpaired) electrons. The zero-order valence-corrected chi connectivity index (χ0v) is 17.7. The molecular formula is C17H37IN4O. The maximum absolute atomic E-state index is 10.1. The van der Waals surface area contributed by atoms with Crippen LogP contribution in [0.25, 0.3) is 0 Å². The highest BCUT2D eigenvalue weighted by atomic mass is 127. The van der Waals surface area contributed by atoms with E-state index in [1.807, 2.05) is 0 Å². The van der Waals surface area contributed by atoms with E-state index in [-0.39, 0.29) is 24.0 Å². The van der Waals surface area contributed by atoms with Crippen LogP contribution in [-0.4, -0.2) is 60.3 Å². The second-order valence-electron chi connectivity index (χ2n) is 6.49. The summed E-state index contributed by atoms with van der Waals surface area (Å²) in [4.78, 5) is 7.01. The van der Waals surface area contributed by atoms with Crippen molar-refractivity contribution in [3.05, 3.63) is 0 Å². The van der Waals surface area contributed by atoms with Gasteiger partial charge in [0.1, 0.15) is 0 Å². The summed E-state index contributed by atoms with van der Waals surface area (Å²) >= 11 is 0. The van der Waals surface area contributed by atoms with E-state index in [1.165, 1.54) is 6.42 Å². The molecule has 0 aromatic heterocycles. The molecule has 3 N–H and O–H groups in total. The van der Waals surface area contributed by atoms with Crippen molar-refractivity contribution >= 4 is 29.9 Å². The van der Waals surface area contributed by atoms with Crippen molar-refractivity contribution in [2.75, 3.05) is 32.7 Å². The van der Waals surface area contributed by atoms with E-state index in [4.69, 9.17) is 0 Å². The van der Waals surface area contributed by atoms with Gasteiger partial charge in [0.25, 0.3) is 0 Å². The molecule has 0 aromatic rings. The second kappa shape index (κ2) is 12.3. The summed E-state index contributed by atoms with van der Waals surface area (Å²) in [7, 11) is 0. The number of nitrogens with one attached hydrogen (secondary N) is 2. The van der Waals surface area contributed by atoms with Crippen molar-refractivity contribution < 1.29 is 5.11 Å². The lowest BCUT2D eigenvalue weighted by molar-refractivity contribution is -0.0236. The molecule has 0 heterocycles. The Morgan fingerprint density at radius 2 is 1.91 bits per heavy atom. The highest BCUT2D eigenvalue weighted by Gasteiger charge is 2.34. The number of rotatable bonds is 10. The zero-order valence-electron chi connectivity index (χ0n) is 15.4. The third-order valence-corrected chi connectivity index (χ3v) is 4.55. The molecule has 1 saturated carbocycles. The lowest BCUT2D eigenvalue weighted by atomic mass is 9.80. The molecule has 0 aliphatic heterocycles. The molecule has 138 valence electrons. The van der Waals surface area contributed by atoms with Crippen LogP contribution < -0.4 is 10.6 Å².